The smallest absolute Gasteiger partial charge is 0.332 e. The van der Waals surface area contributed by atoms with Gasteiger partial charge in [0.05, 0.1) is 4.88 Å². The summed E-state index contributed by atoms with van der Waals surface area (Å²) in [5.74, 6) is -1.25. The highest BCUT2D eigenvalue weighted by Crippen LogP contribution is 2.23. The SMILES string of the molecule is CNC(CCCCl)(C(=O)O)C(=O)c1cccs1. The van der Waals surface area contributed by atoms with Crippen molar-refractivity contribution in [3.8, 4) is 0 Å². The minimum Gasteiger partial charge on any atom is -0.480 e. The Morgan fingerprint density at radius 2 is 2.29 bits per heavy atom. The van der Waals surface area contributed by atoms with Crippen molar-refractivity contribution in [3.63, 3.8) is 0 Å². The molecule has 0 radical (unpaired) electrons. The van der Waals surface area contributed by atoms with Crippen LogP contribution < -0.4 is 5.32 Å². The number of aliphatic carboxylic acids is 1. The van der Waals surface area contributed by atoms with Crippen LogP contribution in [0.5, 0.6) is 0 Å². The van der Waals surface area contributed by atoms with Gasteiger partial charge in [0.1, 0.15) is 0 Å². The first kappa shape index (κ1) is 14.2. The van der Waals surface area contributed by atoms with Crippen LogP contribution in [0.3, 0.4) is 0 Å². The number of carboxylic acid groups (broad SMARTS) is 1. The fraction of sp³-hybridized carbons (Fsp3) is 0.455. The number of halogens is 1. The first-order valence-electron chi connectivity index (χ1n) is 5.15. The Hall–Kier alpha value is -0.910. The van der Waals surface area contributed by atoms with E-state index < -0.39 is 17.3 Å². The molecule has 1 heterocycles. The molecule has 0 fully saturated rings. The second-order valence-corrected chi connectivity index (χ2v) is 4.89. The zero-order valence-electron chi connectivity index (χ0n) is 9.40. The first-order valence-corrected chi connectivity index (χ1v) is 6.56. The molecule has 0 bridgehead atoms. The van der Waals surface area contributed by atoms with Crippen LogP contribution in [-0.4, -0.2) is 35.3 Å². The van der Waals surface area contributed by atoms with Crippen molar-refractivity contribution in [2.75, 3.05) is 12.9 Å². The molecule has 17 heavy (non-hydrogen) atoms. The molecule has 1 atom stereocenters. The Labute approximate surface area is 109 Å². The molecule has 0 aliphatic heterocycles. The minimum absolute atomic E-state index is 0.180. The molecule has 0 amide bonds. The van der Waals surface area contributed by atoms with Gasteiger partial charge in [0.15, 0.2) is 5.54 Å². The summed E-state index contributed by atoms with van der Waals surface area (Å²) in [5.41, 5.74) is -1.57. The molecule has 0 spiro atoms. The molecular formula is C11H14ClNO3S. The van der Waals surface area contributed by atoms with Gasteiger partial charge in [-0.25, -0.2) is 4.79 Å². The van der Waals surface area contributed by atoms with E-state index in [1.807, 2.05) is 0 Å². The zero-order valence-corrected chi connectivity index (χ0v) is 11.0. The van der Waals surface area contributed by atoms with Gasteiger partial charge in [0.2, 0.25) is 5.78 Å². The summed E-state index contributed by atoms with van der Waals surface area (Å²) in [6.07, 6.45) is 0.644. The predicted octanol–water partition coefficient (Wildman–Crippen LogP) is 1.99. The number of likely N-dealkylation sites (N-methyl/N-ethyl adjacent to an activating group) is 1. The molecule has 1 rings (SSSR count). The number of hydrogen-bond acceptors (Lipinski definition) is 4. The maximum Gasteiger partial charge on any atom is 0.332 e. The summed E-state index contributed by atoms with van der Waals surface area (Å²) >= 11 is 6.81. The molecule has 0 aliphatic carbocycles. The fourth-order valence-corrected chi connectivity index (χ4v) is 2.49. The predicted molar refractivity (Wildman–Crippen MR) is 68.0 cm³/mol. The van der Waals surface area contributed by atoms with Crippen LogP contribution >= 0.6 is 22.9 Å². The molecule has 6 heteroatoms. The Morgan fingerprint density at radius 1 is 1.59 bits per heavy atom. The molecule has 2 N–H and O–H groups in total. The maximum absolute atomic E-state index is 12.2. The molecule has 1 unspecified atom stereocenters. The zero-order chi connectivity index (χ0) is 12.9. The maximum atomic E-state index is 12.2. The van der Waals surface area contributed by atoms with E-state index in [1.54, 1.807) is 17.5 Å². The topological polar surface area (TPSA) is 66.4 Å². The molecule has 1 aromatic rings. The van der Waals surface area contributed by atoms with Crippen molar-refractivity contribution in [1.29, 1.82) is 0 Å². The summed E-state index contributed by atoms with van der Waals surface area (Å²) in [6.45, 7) is 0. The molecule has 94 valence electrons. The van der Waals surface area contributed by atoms with Crippen LogP contribution in [0.25, 0.3) is 0 Å². The second kappa shape index (κ2) is 6.14. The summed E-state index contributed by atoms with van der Waals surface area (Å²) in [4.78, 5) is 24.0. The van der Waals surface area contributed by atoms with Gasteiger partial charge in [0.25, 0.3) is 0 Å². The third kappa shape index (κ3) is 2.86. The number of carbonyl (C=O) groups is 2. The van der Waals surface area contributed by atoms with Crippen molar-refractivity contribution in [3.05, 3.63) is 22.4 Å². The van der Waals surface area contributed by atoms with Crippen LogP contribution in [0.2, 0.25) is 0 Å². The standard InChI is InChI=1S/C11H14ClNO3S/c1-13-11(10(15)16,5-3-6-12)9(14)8-4-2-7-17-8/h2,4,7,13H,3,5-6H2,1H3,(H,15,16). The lowest BCUT2D eigenvalue weighted by Crippen LogP contribution is -2.56. The number of thiophene rings is 1. The van der Waals surface area contributed by atoms with Gasteiger partial charge in [-0.15, -0.1) is 22.9 Å². The summed E-state index contributed by atoms with van der Waals surface area (Å²) in [7, 11) is 1.48. The first-order chi connectivity index (χ1) is 8.08. The van der Waals surface area contributed by atoms with E-state index in [4.69, 9.17) is 11.6 Å². The number of alkyl halides is 1. The number of rotatable bonds is 7. The van der Waals surface area contributed by atoms with Crippen molar-refractivity contribution in [2.45, 2.75) is 18.4 Å². The quantitative estimate of drug-likeness (QED) is 0.454. The van der Waals surface area contributed by atoms with E-state index in [0.29, 0.717) is 17.2 Å². The van der Waals surface area contributed by atoms with Gasteiger partial charge in [-0.2, -0.15) is 0 Å². The van der Waals surface area contributed by atoms with Crippen LogP contribution in [0.1, 0.15) is 22.5 Å². The largest absolute Gasteiger partial charge is 0.480 e. The Balaban J connectivity index is 3.04. The highest BCUT2D eigenvalue weighted by Gasteiger charge is 2.44. The van der Waals surface area contributed by atoms with E-state index in [2.05, 4.69) is 5.32 Å². The highest BCUT2D eigenvalue weighted by molar-refractivity contribution is 7.12. The normalized spacial score (nSPS) is 14.2. The molecule has 0 saturated heterocycles. The van der Waals surface area contributed by atoms with Gasteiger partial charge < -0.3 is 5.11 Å². The van der Waals surface area contributed by atoms with E-state index in [1.165, 1.54) is 18.4 Å². The summed E-state index contributed by atoms with van der Waals surface area (Å²) in [5, 5.41) is 13.7. The minimum atomic E-state index is -1.57. The van der Waals surface area contributed by atoms with E-state index in [-0.39, 0.29) is 6.42 Å². The molecule has 1 aromatic heterocycles. The van der Waals surface area contributed by atoms with E-state index >= 15 is 0 Å². The van der Waals surface area contributed by atoms with Crippen LogP contribution in [0, 0.1) is 0 Å². The second-order valence-electron chi connectivity index (χ2n) is 3.56. The third-order valence-electron chi connectivity index (χ3n) is 2.61. The van der Waals surface area contributed by atoms with Crippen LogP contribution in [0.4, 0.5) is 0 Å². The fourth-order valence-electron chi connectivity index (χ4n) is 1.61. The lowest BCUT2D eigenvalue weighted by atomic mass is 9.88. The van der Waals surface area contributed by atoms with Gasteiger partial charge in [-0.3, -0.25) is 10.1 Å². The third-order valence-corrected chi connectivity index (χ3v) is 3.75. The van der Waals surface area contributed by atoms with E-state index in [0.717, 1.165) is 0 Å². The van der Waals surface area contributed by atoms with Gasteiger partial charge in [-0.05, 0) is 31.3 Å². The Morgan fingerprint density at radius 3 is 2.71 bits per heavy atom. The lowest BCUT2D eigenvalue weighted by molar-refractivity contribution is -0.142. The average Bonchev–Trinajstić information content (AvgIpc) is 2.83. The Kier molecular flexibility index (Phi) is 5.11. The number of carboxylic acids is 1. The number of ketones is 1. The Bertz CT molecular complexity index is 393. The molecule has 0 aliphatic rings. The molecule has 0 aromatic carbocycles. The number of hydrogen-bond donors (Lipinski definition) is 2. The van der Waals surface area contributed by atoms with Gasteiger partial charge in [0, 0.05) is 5.88 Å². The summed E-state index contributed by atoms with van der Waals surface area (Å²) < 4.78 is 0. The van der Waals surface area contributed by atoms with Crippen molar-refractivity contribution in [2.24, 2.45) is 0 Å². The molecular weight excluding hydrogens is 262 g/mol. The van der Waals surface area contributed by atoms with Gasteiger partial charge in [-0.1, -0.05) is 6.07 Å². The lowest BCUT2D eigenvalue weighted by Gasteiger charge is -2.26. The molecule has 4 nitrogen and oxygen atoms in total. The monoisotopic (exact) mass is 275 g/mol. The van der Waals surface area contributed by atoms with Crippen LogP contribution in [0.15, 0.2) is 17.5 Å². The van der Waals surface area contributed by atoms with Gasteiger partial charge >= 0.3 is 5.97 Å². The number of nitrogens with one attached hydrogen (secondary N) is 1. The van der Waals surface area contributed by atoms with Crippen molar-refractivity contribution in [1.82, 2.24) is 5.32 Å². The average molecular weight is 276 g/mol. The summed E-state index contributed by atoms with van der Waals surface area (Å²) in [6, 6.07) is 3.35. The van der Waals surface area contributed by atoms with Crippen LogP contribution in [-0.2, 0) is 4.79 Å². The van der Waals surface area contributed by atoms with Crippen molar-refractivity contribution >= 4 is 34.7 Å². The molecule has 0 saturated carbocycles. The van der Waals surface area contributed by atoms with E-state index in [9.17, 15) is 14.7 Å². The van der Waals surface area contributed by atoms with Crippen molar-refractivity contribution < 1.29 is 14.7 Å². The number of carbonyl (C=O) groups excluding carboxylic acids is 1. The highest BCUT2D eigenvalue weighted by atomic mass is 35.5. The number of Topliss-reactive ketones (excluding diaryl/α,β-unsaturated/α-hetero) is 1.